The molecule has 1 aromatic heterocycles. The molecule has 3 rings (SSSR count). The van der Waals surface area contributed by atoms with E-state index in [2.05, 4.69) is 15.9 Å². The number of carbonyl (C=O) groups excluding carboxylic acids is 4. The van der Waals surface area contributed by atoms with Crippen molar-refractivity contribution in [2.75, 3.05) is 13.1 Å². The van der Waals surface area contributed by atoms with E-state index < -0.39 is 35.2 Å². The van der Waals surface area contributed by atoms with E-state index in [9.17, 15) is 23.6 Å². The number of amides is 4. The first-order valence-corrected chi connectivity index (χ1v) is 10.4. The van der Waals surface area contributed by atoms with Crippen LogP contribution in [0, 0.1) is 18.3 Å². The van der Waals surface area contributed by atoms with Crippen LogP contribution >= 0.6 is 11.6 Å². The number of halogens is 2. The zero-order chi connectivity index (χ0) is 22.9. The van der Waals surface area contributed by atoms with E-state index in [-0.39, 0.29) is 34.9 Å². The van der Waals surface area contributed by atoms with E-state index >= 15 is 0 Å². The number of aromatic nitrogens is 1. The van der Waals surface area contributed by atoms with Crippen molar-refractivity contribution in [2.24, 2.45) is 17.1 Å². The van der Waals surface area contributed by atoms with Gasteiger partial charge < -0.3 is 15.6 Å². The highest BCUT2D eigenvalue weighted by Gasteiger charge is 2.44. The summed E-state index contributed by atoms with van der Waals surface area (Å²) in [6.07, 6.45) is 2.53. The van der Waals surface area contributed by atoms with Crippen LogP contribution in [0.3, 0.4) is 0 Å². The molecule has 3 atom stereocenters. The third-order valence-electron chi connectivity index (χ3n) is 5.87. The standard InChI is InChI=1S/C19H25ClFN5O5/c1-9-12(13(15(22)27)25-31-9)11(7-19(2)4-5-19)17(29)24-26(18(30)14(20)21)8-10-3-6-23-16(10)28/h10-11,14H,3-8H2,1-2H3,(H2,22,27)(H,23,28)(H,24,29)/t10-,11-,14-/m0/s1. The van der Waals surface area contributed by atoms with Gasteiger partial charge in [0.25, 0.3) is 17.4 Å². The summed E-state index contributed by atoms with van der Waals surface area (Å²) >= 11 is 5.32. The van der Waals surface area contributed by atoms with E-state index in [1.165, 1.54) is 0 Å². The molecule has 1 saturated carbocycles. The number of nitrogens with one attached hydrogen (secondary N) is 2. The van der Waals surface area contributed by atoms with Crippen molar-refractivity contribution in [2.45, 2.75) is 51.1 Å². The minimum Gasteiger partial charge on any atom is -0.364 e. The average Bonchev–Trinajstić information content (AvgIpc) is 3.09. The number of primary amides is 1. The lowest BCUT2D eigenvalue weighted by molar-refractivity contribution is -0.145. The Kier molecular flexibility index (Phi) is 6.54. The lowest BCUT2D eigenvalue weighted by Crippen LogP contribution is -2.52. The zero-order valence-electron chi connectivity index (χ0n) is 17.2. The molecule has 10 nitrogen and oxygen atoms in total. The maximum Gasteiger partial charge on any atom is 0.291 e. The maximum absolute atomic E-state index is 13.6. The van der Waals surface area contributed by atoms with Crippen LogP contribution in [0.4, 0.5) is 4.39 Å². The number of hydrogen-bond donors (Lipinski definition) is 3. The molecule has 2 heterocycles. The van der Waals surface area contributed by atoms with E-state index in [1.54, 1.807) is 6.92 Å². The summed E-state index contributed by atoms with van der Waals surface area (Å²) in [5, 5.41) is 7.01. The van der Waals surface area contributed by atoms with Crippen LogP contribution in [0.1, 0.15) is 60.3 Å². The topological polar surface area (TPSA) is 148 Å². The van der Waals surface area contributed by atoms with E-state index in [0.717, 1.165) is 17.9 Å². The zero-order valence-corrected chi connectivity index (χ0v) is 18.0. The SMILES string of the molecule is Cc1onc(C(N)=O)c1[C@H](CC1(C)CC1)C(=O)NN(C[C@@H]1CCNC1=O)C(=O)[C@H](F)Cl. The summed E-state index contributed by atoms with van der Waals surface area (Å²) in [7, 11) is 0. The highest BCUT2D eigenvalue weighted by atomic mass is 35.5. The molecule has 1 aromatic rings. The predicted molar refractivity (Wildman–Crippen MR) is 106 cm³/mol. The van der Waals surface area contributed by atoms with Crippen LogP contribution < -0.4 is 16.5 Å². The molecular formula is C19H25ClFN5O5. The Balaban J connectivity index is 1.88. The molecule has 2 aliphatic rings. The van der Waals surface area contributed by atoms with Gasteiger partial charge in [0.1, 0.15) is 5.76 Å². The minimum absolute atomic E-state index is 0.143. The monoisotopic (exact) mass is 457 g/mol. The first-order valence-electron chi connectivity index (χ1n) is 9.96. The second-order valence-corrected chi connectivity index (χ2v) is 8.82. The van der Waals surface area contributed by atoms with Crippen molar-refractivity contribution in [1.82, 2.24) is 20.9 Å². The molecule has 4 amide bonds. The Morgan fingerprint density at radius 3 is 2.65 bits per heavy atom. The van der Waals surface area contributed by atoms with Gasteiger partial charge in [-0.15, -0.1) is 0 Å². The first-order chi connectivity index (χ1) is 14.5. The normalized spacial score (nSPS) is 21.2. The Morgan fingerprint density at radius 2 is 2.13 bits per heavy atom. The number of rotatable bonds is 8. The molecule has 0 spiro atoms. The third kappa shape index (κ3) is 5.15. The molecule has 1 saturated heterocycles. The lowest BCUT2D eigenvalue weighted by Gasteiger charge is -2.28. The second-order valence-electron chi connectivity index (χ2n) is 8.43. The maximum atomic E-state index is 13.6. The number of alkyl halides is 2. The molecule has 12 heteroatoms. The van der Waals surface area contributed by atoms with E-state index in [1.807, 2.05) is 6.92 Å². The smallest absolute Gasteiger partial charge is 0.291 e. The number of carbonyl (C=O) groups is 4. The van der Waals surface area contributed by atoms with Gasteiger partial charge in [-0.3, -0.25) is 24.6 Å². The quantitative estimate of drug-likeness (QED) is 0.390. The van der Waals surface area contributed by atoms with Crippen LogP contribution in [0.5, 0.6) is 0 Å². The molecule has 0 radical (unpaired) electrons. The summed E-state index contributed by atoms with van der Waals surface area (Å²) in [6.45, 7) is 3.72. The molecule has 0 unspecified atom stereocenters. The summed E-state index contributed by atoms with van der Waals surface area (Å²) in [6, 6.07) is 0. The van der Waals surface area contributed by atoms with Gasteiger partial charge in [-0.05, 0) is 38.0 Å². The molecule has 31 heavy (non-hydrogen) atoms. The fraction of sp³-hybridized carbons (Fsp3) is 0.632. The molecule has 4 N–H and O–H groups in total. The molecule has 1 aliphatic carbocycles. The van der Waals surface area contributed by atoms with Gasteiger partial charge >= 0.3 is 0 Å². The van der Waals surface area contributed by atoms with Crippen molar-refractivity contribution < 1.29 is 28.1 Å². The second kappa shape index (κ2) is 8.81. The van der Waals surface area contributed by atoms with Gasteiger partial charge in [0.2, 0.25) is 11.8 Å². The molecule has 0 aromatic carbocycles. The van der Waals surface area contributed by atoms with Gasteiger partial charge in [-0.1, -0.05) is 23.7 Å². The summed E-state index contributed by atoms with van der Waals surface area (Å²) in [4.78, 5) is 49.3. The summed E-state index contributed by atoms with van der Waals surface area (Å²) in [5.41, 5.74) is 5.30. The van der Waals surface area contributed by atoms with Crippen LogP contribution in [0.25, 0.3) is 0 Å². The van der Waals surface area contributed by atoms with Crippen molar-refractivity contribution >= 4 is 35.2 Å². The van der Waals surface area contributed by atoms with Gasteiger partial charge in [0, 0.05) is 12.1 Å². The Labute approximate surface area is 183 Å². The van der Waals surface area contributed by atoms with E-state index in [4.69, 9.17) is 21.9 Å². The molecule has 1 aliphatic heterocycles. The van der Waals surface area contributed by atoms with E-state index in [0.29, 0.717) is 19.4 Å². The first kappa shape index (κ1) is 23.0. The van der Waals surface area contributed by atoms with Crippen LogP contribution in [0.2, 0.25) is 0 Å². The number of hydrazine groups is 1. The van der Waals surface area contributed by atoms with Crippen molar-refractivity contribution in [1.29, 1.82) is 0 Å². The van der Waals surface area contributed by atoms with Crippen LogP contribution in [0.15, 0.2) is 4.52 Å². The number of aryl methyl sites for hydroxylation is 1. The predicted octanol–water partition coefficient (Wildman–Crippen LogP) is 0.886. The highest BCUT2D eigenvalue weighted by Crippen LogP contribution is 2.52. The fourth-order valence-corrected chi connectivity index (χ4v) is 3.88. The summed E-state index contributed by atoms with van der Waals surface area (Å²) < 4.78 is 18.7. The Hall–Kier alpha value is -2.69. The van der Waals surface area contributed by atoms with Gasteiger partial charge in [-0.25, -0.2) is 9.40 Å². The number of nitrogens with two attached hydrogens (primary N) is 1. The number of hydrogen-bond acceptors (Lipinski definition) is 6. The largest absolute Gasteiger partial charge is 0.364 e. The van der Waals surface area contributed by atoms with Gasteiger partial charge in [-0.2, -0.15) is 0 Å². The lowest BCUT2D eigenvalue weighted by atomic mass is 9.86. The number of nitrogens with zero attached hydrogens (tertiary/aromatic N) is 2. The van der Waals surface area contributed by atoms with Crippen molar-refractivity contribution in [3.63, 3.8) is 0 Å². The minimum atomic E-state index is -2.40. The average molecular weight is 458 g/mol. The van der Waals surface area contributed by atoms with Gasteiger partial charge in [0.15, 0.2) is 5.69 Å². The summed E-state index contributed by atoms with van der Waals surface area (Å²) in [5.74, 6) is -4.32. The van der Waals surface area contributed by atoms with Crippen molar-refractivity contribution in [3.8, 4) is 0 Å². The van der Waals surface area contributed by atoms with Gasteiger partial charge in [0.05, 0.1) is 18.4 Å². The van der Waals surface area contributed by atoms with Crippen LogP contribution in [-0.4, -0.2) is 52.5 Å². The third-order valence-corrected chi connectivity index (χ3v) is 6.06. The molecular weight excluding hydrogens is 433 g/mol. The fourth-order valence-electron chi connectivity index (χ4n) is 3.76. The Bertz CT molecular complexity index is 900. The highest BCUT2D eigenvalue weighted by molar-refractivity contribution is 6.29. The van der Waals surface area contributed by atoms with Crippen molar-refractivity contribution in [3.05, 3.63) is 17.0 Å². The Morgan fingerprint density at radius 1 is 1.45 bits per heavy atom. The molecule has 0 bridgehead atoms. The van der Waals surface area contributed by atoms with Crippen LogP contribution in [-0.2, 0) is 14.4 Å². The molecule has 170 valence electrons. The molecule has 2 fully saturated rings.